The van der Waals surface area contributed by atoms with Gasteiger partial charge in [0.15, 0.2) is 5.75 Å². The van der Waals surface area contributed by atoms with Gasteiger partial charge in [-0.3, -0.25) is 4.68 Å². The van der Waals surface area contributed by atoms with Gasteiger partial charge in [0, 0.05) is 19.2 Å². The number of aromatic hydroxyl groups is 1. The van der Waals surface area contributed by atoms with Crippen LogP contribution in [0.1, 0.15) is 18.7 Å². The lowest BCUT2D eigenvalue weighted by molar-refractivity contribution is 0.467. The van der Waals surface area contributed by atoms with Crippen molar-refractivity contribution in [1.82, 2.24) is 25.0 Å². The summed E-state index contributed by atoms with van der Waals surface area (Å²) in [5.41, 5.74) is 0. The lowest BCUT2D eigenvalue weighted by atomic mass is 10.2. The Morgan fingerprint density at radius 3 is 2.69 bits per heavy atom. The van der Waals surface area contributed by atoms with Gasteiger partial charge in [-0.05, 0) is 12.8 Å². The SMILES string of the molecule is Oc1cnc(CCCCn2ccnn2)nc1. The minimum Gasteiger partial charge on any atom is -0.505 e. The molecular weight excluding hydrogens is 206 g/mol. The molecule has 6 heteroatoms. The van der Waals surface area contributed by atoms with Gasteiger partial charge in [0.2, 0.25) is 0 Å². The number of aryl methyl sites for hydroxylation is 2. The maximum atomic E-state index is 9.01. The van der Waals surface area contributed by atoms with Gasteiger partial charge < -0.3 is 5.11 Å². The van der Waals surface area contributed by atoms with Crippen molar-refractivity contribution in [2.75, 3.05) is 0 Å². The van der Waals surface area contributed by atoms with E-state index in [1.807, 2.05) is 6.20 Å². The van der Waals surface area contributed by atoms with Crippen molar-refractivity contribution < 1.29 is 5.11 Å². The number of nitrogens with zero attached hydrogens (tertiary/aromatic N) is 5. The van der Waals surface area contributed by atoms with Crippen LogP contribution >= 0.6 is 0 Å². The van der Waals surface area contributed by atoms with Crippen LogP contribution < -0.4 is 0 Å². The molecule has 0 saturated carbocycles. The van der Waals surface area contributed by atoms with Crippen LogP contribution in [0.4, 0.5) is 0 Å². The number of rotatable bonds is 5. The molecule has 0 aromatic carbocycles. The first kappa shape index (κ1) is 10.5. The smallest absolute Gasteiger partial charge is 0.152 e. The fourth-order valence-corrected chi connectivity index (χ4v) is 1.39. The highest BCUT2D eigenvalue weighted by Crippen LogP contribution is 2.05. The molecule has 0 aliphatic carbocycles. The molecule has 0 aliphatic heterocycles. The van der Waals surface area contributed by atoms with Gasteiger partial charge in [0.1, 0.15) is 5.82 Å². The Kier molecular flexibility index (Phi) is 3.42. The van der Waals surface area contributed by atoms with Gasteiger partial charge in [-0.15, -0.1) is 5.10 Å². The molecule has 0 aliphatic rings. The van der Waals surface area contributed by atoms with E-state index in [2.05, 4.69) is 20.3 Å². The highest BCUT2D eigenvalue weighted by atomic mass is 16.3. The molecule has 2 aromatic rings. The molecule has 84 valence electrons. The van der Waals surface area contributed by atoms with E-state index < -0.39 is 0 Å². The molecule has 0 amide bonds. The zero-order valence-corrected chi connectivity index (χ0v) is 8.82. The van der Waals surface area contributed by atoms with Crippen molar-refractivity contribution in [2.24, 2.45) is 0 Å². The molecule has 0 spiro atoms. The molecule has 1 N–H and O–H groups in total. The molecule has 0 unspecified atom stereocenters. The van der Waals surface area contributed by atoms with Crippen molar-refractivity contribution in [3.05, 3.63) is 30.6 Å². The molecule has 0 fully saturated rings. The first-order chi connectivity index (χ1) is 7.84. The molecule has 6 nitrogen and oxygen atoms in total. The van der Waals surface area contributed by atoms with Crippen molar-refractivity contribution >= 4 is 0 Å². The summed E-state index contributed by atoms with van der Waals surface area (Å²) in [6.45, 7) is 0.859. The fraction of sp³-hybridized carbons (Fsp3) is 0.400. The second-order valence-corrected chi connectivity index (χ2v) is 3.48. The number of hydrogen-bond acceptors (Lipinski definition) is 5. The predicted molar refractivity (Wildman–Crippen MR) is 56.7 cm³/mol. The quantitative estimate of drug-likeness (QED) is 0.752. The average Bonchev–Trinajstić information content (AvgIpc) is 2.80. The zero-order valence-electron chi connectivity index (χ0n) is 8.82. The van der Waals surface area contributed by atoms with Gasteiger partial charge in [-0.25, -0.2) is 9.97 Å². The number of aromatic nitrogens is 5. The summed E-state index contributed by atoms with van der Waals surface area (Å²) in [5, 5.41) is 16.6. The lowest BCUT2D eigenvalue weighted by Gasteiger charge is -2.00. The van der Waals surface area contributed by atoms with E-state index in [-0.39, 0.29) is 5.75 Å². The minimum atomic E-state index is 0.103. The summed E-state index contributed by atoms with van der Waals surface area (Å²) in [6.07, 6.45) is 9.16. The van der Waals surface area contributed by atoms with Crippen molar-refractivity contribution in [2.45, 2.75) is 25.8 Å². The summed E-state index contributed by atoms with van der Waals surface area (Å²) >= 11 is 0. The largest absolute Gasteiger partial charge is 0.505 e. The second kappa shape index (κ2) is 5.20. The Labute approximate surface area is 93.0 Å². The van der Waals surface area contributed by atoms with Crippen LogP contribution in [0, 0.1) is 0 Å². The third kappa shape index (κ3) is 3.01. The van der Waals surface area contributed by atoms with Gasteiger partial charge in [-0.1, -0.05) is 5.21 Å². The van der Waals surface area contributed by atoms with Crippen molar-refractivity contribution in [3.8, 4) is 5.75 Å². The van der Waals surface area contributed by atoms with E-state index >= 15 is 0 Å². The van der Waals surface area contributed by atoms with E-state index in [1.54, 1.807) is 10.9 Å². The van der Waals surface area contributed by atoms with Crippen LogP contribution in [0.2, 0.25) is 0 Å². The standard InChI is InChI=1S/C10H13N5O/c16-9-7-11-10(12-8-9)3-1-2-5-15-6-4-13-14-15/h4,6-8,16H,1-3,5H2. The van der Waals surface area contributed by atoms with E-state index in [0.717, 1.165) is 31.6 Å². The fourth-order valence-electron chi connectivity index (χ4n) is 1.39. The van der Waals surface area contributed by atoms with E-state index in [0.29, 0.717) is 0 Å². The first-order valence-corrected chi connectivity index (χ1v) is 5.18. The molecule has 0 bridgehead atoms. The number of unbranched alkanes of at least 4 members (excludes halogenated alkanes) is 1. The van der Waals surface area contributed by atoms with Gasteiger partial charge in [0.25, 0.3) is 0 Å². The van der Waals surface area contributed by atoms with Gasteiger partial charge >= 0.3 is 0 Å². The normalized spacial score (nSPS) is 10.5. The van der Waals surface area contributed by atoms with Gasteiger partial charge in [0.05, 0.1) is 18.6 Å². The summed E-state index contributed by atoms with van der Waals surface area (Å²) in [5.74, 6) is 0.864. The topological polar surface area (TPSA) is 76.7 Å². The van der Waals surface area contributed by atoms with Crippen LogP contribution in [0.3, 0.4) is 0 Å². The van der Waals surface area contributed by atoms with Crippen molar-refractivity contribution in [3.63, 3.8) is 0 Å². The Hall–Kier alpha value is -1.98. The molecule has 2 rings (SSSR count). The second-order valence-electron chi connectivity index (χ2n) is 3.48. The highest BCUT2D eigenvalue weighted by Gasteiger charge is 1.97. The Balaban J connectivity index is 1.70. The maximum absolute atomic E-state index is 9.01. The molecule has 0 saturated heterocycles. The summed E-state index contributed by atoms with van der Waals surface area (Å²) in [7, 11) is 0. The zero-order chi connectivity index (χ0) is 11.2. The third-order valence-electron chi connectivity index (χ3n) is 2.20. The monoisotopic (exact) mass is 219 g/mol. The Bertz CT molecular complexity index is 411. The van der Waals surface area contributed by atoms with Crippen molar-refractivity contribution in [1.29, 1.82) is 0 Å². The maximum Gasteiger partial charge on any atom is 0.152 e. The molecule has 2 aromatic heterocycles. The van der Waals surface area contributed by atoms with Gasteiger partial charge in [-0.2, -0.15) is 0 Å². The van der Waals surface area contributed by atoms with E-state index in [1.165, 1.54) is 12.4 Å². The predicted octanol–water partition coefficient (Wildman–Crippen LogP) is 0.797. The molecular formula is C10H13N5O. The Morgan fingerprint density at radius 1 is 1.19 bits per heavy atom. The third-order valence-corrected chi connectivity index (χ3v) is 2.20. The average molecular weight is 219 g/mol. The van der Waals surface area contributed by atoms with Crippen LogP contribution in [0.25, 0.3) is 0 Å². The summed E-state index contributed by atoms with van der Waals surface area (Å²) in [6, 6.07) is 0. The van der Waals surface area contributed by atoms with Crippen LogP contribution in [-0.2, 0) is 13.0 Å². The molecule has 16 heavy (non-hydrogen) atoms. The summed E-state index contributed by atoms with van der Waals surface area (Å²) in [4.78, 5) is 8.03. The number of hydrogen-bond donors (Lipinski definition) is 1. The minimum absolute atomic E-state index is 0.103. The first-order valence-electron chi connectivity index (χ1n) is 5.18. The van der Waals surface area contributed by atoms with Crippen LogP contribution in [-0.4, -0.2) is 30.1 Å². The lowest BCUT2D eigenvalue weighted by Crippen LogP contribution is -2.00. The van der Waals surface area contributed by atoms with Crippen LogP contribution in [0.5, 0.6) is 5.75 Å². The Morgan fingerprint density at radius 2 is 2.00 bits per heavy atom. The highest BCUT2D eigenvalue weighted by molar-refractivity contribution is 5.09. The summed E-state index contributed by atoms with van der Waals surface area (Å²) < 4.78 is 1.80. The molecule has 0 atom stereocenters. The van der Waals surface area contributed by atoms with E-state index in [9.17, 15) is 0 Å². The molecule has 0 radical (unpaired) electrons. The van der Waals surface area contributed by atoms with E-state index in [4.69, 9.17) is 5.11 Å². The van der Waals surface area contributed by atoms with Crippen LogP contribution in [0.15, 0.2) is 24.8 Å². The molecule has 2 heterocycles.